The molecule has 2 aliphatic rings. The fraction of sp³-hybridized carbons (Fsp3) is 0.857. The standard InChI is InChI=1S/C7H11NOS/c8-6(10)7-3-1-5(9-7)2-4-7/h5H,1-4H2,(H2,8,10). The summed E-state index contributed by atoms with van der Waals surface area (Å²) in [6, 6.07) is 0. The molecule has 0 aromatic carbocycles. The van der Waals surface area contributed by atoms with Crippen LogP contribution in [-0.4, -0.2) is 16.7 Å². The van der Waals surface area contributed by atoms with Gasteiger partial charge in [-0.25, -0.2) is 0 Å². The number of ether oxygens (including phenoxy) is 1. The number of thiocarbonyl (C=S) groups is 1. The molecule has 0 aromatic rings. The van der Waals surface area contributed by atoms with E-state index in [1.807, 2.05) is 0 Å². The van der Waals surface area contributed by atoms with Gasteiger partial charge in [-0.3, -0.25) is 0 Å². The minimum atomic E-state index is -0.181. The van der Waals surface area contributed by atoms with Crippen LogP contribution in [0.2, 0.25) is 0 Å². The monoisotopic (exact) mass is 157 g/mol. The van der Waals surface area contributed by atoms with E-state index in [1.54, 1.807) is 0 Å². The quantitative estimate of drug-likeness (QED) is 0.576. The van der Waals surface area contributed by atoms with Crippen molar-refractivity contribution in [3.05, 3.63) is 0 Å². The van der Waals surface area contributed by atoms with Gasteiger partial charge < -0.3 is 10.5 Å². The lowest BCUT2D eigenvalue weighted by molar-refractivity contribution is 0.0657. The van der Waals surface area contributed by atoms with Crippen LogP contribution in [0.3, 0.4) is 0 Å². The second kappa shape index (κ2) is 1.92. The van der Waals surface area contributed by atoms with E-state index in [1.165, 1.54) is 0 Å². The third kappa shape index (κ3) is 0.705. The molecule has 2 saturated heterocycles. The summed E-state index contributed by atoms with van der Waals surface area (Å²) in [5.41, 5.74) is 5.40. The van der Waals surface area contributed by atoms with Gasteiger partial charge in [0.2, 0.25) is 0 Å². The maximum Gasteiger partial charge on any atom is 0.118 e. The molecule has 0 aromatic heterocycles. The zero-order valence-corrected chi connectivity index (χ0v) is 6.62. The van der Waals surface area contributed by atoms with Gasteiger partial charge in [-0.1, -0.05) is 12.2 Å². The van der Waals surface area contributed by atoms with Crippen molar-refractivity contribution in [2.24, 2.45) is 5.73 Å². The Morgan fingerprint density at radius 3 is 2.30 bits per heavy atom. The van der Waals surface area contributed by atoms with E-state index in [-0.39, 0.29) is 5.60 Å². The molecular formula is C7H11NOS. The molecule has 0 amide bonds. The number of hydrogen-bond donors (Lipinski definition) is 1. The number of nitrogens with two attached hydrogens (primary N) is 1. The molecule has 0 unspecified atom stereocenters. The summed E-state index contributed by atoms with van der Waals surface area (Å²) in [5, 5.41) is 0. The average Bonchev–Trinajstić information content (AvgIpc) is 2.45. The first-order valence-electron chi connectivity index (χ1n) is 3.71. The first-order valence-corrected chi connectivity index (χ1v) is 4.11. The highest BCUT2D eigenvalue weighted by Gasteiger charge is 2.48. The van der Waals surface area contributed by atoms with Crippen LogP contribution in [0.25, 0.3) is 0 Å². The molecule has 0 aliphatic carbocycles. The van der Waals surface area contributed by atoms with E-state index in [0.29, 0.717) is 11.1 Å². The van der Waals surface area contributed by atoms with Gasteiger partial charge in [0.15, 0.2) is 0 Å². The summed E-state index contributed by atoms with van der Waals surface area (Å²) < 4.78 is 5.66. The summed E-state index contributed by atoms with van der Waals surface area (Å²) in [5.74, 6) is 0. The minimum absolute atomic E-state index is 0.181. The van der Waals surface area contributed by atoms with Crippen LogP contribution in [0, 0.1) is 0 Å². The van der Waals surface area contributed by atoms with Crippen molar-refractivity contribution in [3.63, 3.8) is 0 Å². The van der Waals surface area contributed by atoms with Crippen molar-refractivity contribution >= 4 is 17.2 Å². The van der Waals surface area contributed by atoms with Gasteiger partial charge in [0.25, 0.3) is 0 Å². The van der Waals surface area contributed by atoms with E-state index >= 15 is 0 Å². The molecule has 3 heteroatoms. The molecule has 0 saturated carbocycles. The molecule has 2 aliphatic heterocycles. The first-order chi connectivity index (χ1) is 4.73. The topological polar surface area (TPSA) is 35.2 Å². The Bertz CT molecular complexity index is 172. The molecule has 0 spiro atoms. The van der Waals surface area contributed by atoms with E-state index < -0.39 is 0 Å². The van der Waals surface area contributed by atoms with Crippen LogP contribution in [0.15, 0.2) is 0 Å². The van der Waals surface area contributed by atoms with Gasteiger partial charge >= 0.3 is 0 Å². The summed E-state index contributed by atoms with van der Waals surface area (Å²) in [6.45, 7) is 0. The van der Waals surface area contributed by atoms with Crippen molar-refractivity contribution in [2.45, 2.75) is 37.4 Å². The van der Waals surface area contributed by atoms with Crippen molar-refractivity contribution in [3.8, 4) is 0 Å². The average molecular weight is 157 g/mol. The number of hydrogen-bond acceptors (Lipinski definition) is 2. The second-order valence-electron chi connectivity index (χ2n) is 3.18. The molecule has 10 heavy (non-hydrogen) atoms. The van der Waals surface area contributed by atoms with E-state index in [2.05, 4.69) is 0 Å². The Morgan fingerprint density at radius 2 is 2.10 bits per heavy atom. The lowest BCUT2D eigenvalue weighted by Gasteiger charge is -2.22. The number of fused-ring (bicyclic) bond motifs is 2. The van der Waals surface area contributed by atoms with E-state index in [0.717, 1.165) is 25.7 Å². The highest BCUT2D eigenvalue weighted by molar-refractivity contribution is 7.80. The molecule has 2 bridgehead atoms. The molecule has 0 atom stereocenters. The molecule has 56 valence electrons. The lowest BCUT2D eigenvalue weighted by Crippen LogP contribution is -2.39. The third-order valence-corrected chi connectivity index (χ3v) is 2.95. The normalized spacial score (nSPS) is 44.2. The van der Waals surface area contributed by atoms with Gasteiger partial charge in [-0.05, 0) is 25.7 Å². The van der Waals surface area contributed by atoms with Gasteiger partial charge in [0, 0.05) is 0 Å². The molecule has 2 nitrogen and oxygen atoms in total. The largest absolute Gasteiger partial charge is 0.391 e. The van der Waals surface area contributed by atoms with Crippen molar-refractivity contribution in [2.75, 3.05) is 0 Å². The highest BCUT2D eigenvalue weighted by atomic mass is 32.1. The Labute approximate surface area is 65.7 Å². The third-order valence-electron chi connectivity index (χ3n) is 2.58. The van der Waals surface area contributed by atoms with Crippen molar-refractivity contribution in [1.82, 2.24) is 0 Å². The molecule has 2 heterocycles. The predicted octanol–water partition coefficient (Wildman–Crippen LogP) is 0.984. The lowest BCUT2D eigenvalue weighted by atomic mass is 9.89. The van der Waals surface area contributed by atoms with Crippen LogP contribution in [0.5, 0.6) is 0 Å². The van der Waals surface area contributed by atoms with Gasteiger partial charge in [0.05, 0.1) is 6.10 Å². The maximum absolute atomic E-state index is 5.66. The fourth-order valence-corrected chi connectivity index (χ4v) is 2.17. The van der Waals surface area contributed by atoms with Gasteiger partial charge in [0.1, 0.15) is 10.6 Å². The molecular weight excluding hydrogens is 146 g/mol. The first kappa shape index (κ1) is 6.55. The Balaban J connectivity index is 2.23. The van der Waals surface area contributed by atoms with Crippen LogP contribution in [0.1, 0.15) is 25.7 Å². The second-order valence-corrected chi connectivity index (χ2v) is 3.62. The van der Waals surface area contributed by atoms with Crippen LogP contribution in [-0.2, 0) is 4.74 Å². The molecule has 2 fully saturated rings. The Kier molecular flexibility index (Phi) is 1.26. The minimum Gasteiger partial charge on any atom is -0.391 e. The van der Waals surface area contributed by atoms with Crippen LogP contribution < -0.4 is 5.73 Å². The SMILES string of the molecule is NC(=S)C12CCC(CC1)O2. The highest BCUT2D eigenvalue weighted by Crippen LogP contribution is 2.43. The fourth-order valence-electron chi connectivity index (χ4n) is 1.92. The molecule has 2 N–H and O–H groups in total. The zero-order chi connectivity index (χ0) is 7.19. The summed E-state index contributed by atoms with van der Waals surface area (Å²) in [7, 11) is 0. The van der Waals surface area contributed by atoms with Crippen LogP contribution in [0.4, 0.5) is 0 Å². The zero-order valence-electron chi connectivity index (χ0n) is 5.80. The maximum atomic E-state index is 5.66. The molecule has 2 rings (SSSR count). The number of rotatable bonds is 1. The summed E-state index contributed by atoms with van der Waals surface area (Å²) in [6.07, 6.45) is 4.86. The van der Waals surface area contributed by atoms with E-state index in [4.69, 9.17) is 22.7 Å². The van der Waals surface area contributed by atoms with E-state index in [9.17, 15) is 0 Å². The van der Waals surface area contributed by atoms with Crippen LogP contribution >= 0.6 is 12.2 Å². The van der Waals surface area contributed by atoms with Gasteiger partial charge in [-0.15, -0.1) is 0 Å². The molecule has 0 radical (unpaired) electrons. The Hall–Kier alpha value is -0.150. The van der Waals surface area contributed by atoms with Crippen molar-refractivity contribution < 1.29 is 4.74 Å². The summed E-state index contributed by atoms with van der Waals surface area (Å²) in [4.78, 5) is 0.563. The van der Waals surface area contributed by atoms with Gasteiger partial charge in [-0.2, -0.15) is 0 Å². The summed E-state index contributed by atoms with van der Waals surface area (Å²) >= 11 is 4.95. The predicted molar refractivity (Wildman–Crippen MR) is 42.9 cm³/mol. The van der Waals surface area contributed by atoms with Crippen molar-refractivity contribution in [1.29, 1.82) is 0 Å². The smallest absolute Gasteiger partial charge is 0.118 e. The Morgan fingerprint density at radius 1 is 1.50 bits per heavy atom.